The van der Waals surface area contributed by atoms with Crippen molar-refractivity contribution in [3.63, 3.8) is 0 Å². The van der Waals surface area contributed by atoms with Crippen LogP contribution < -0.4 is 5.73 Å². The van der Waals surface area contributed by atoms with Crippen molar-refractivity contribution < 1.29 is 0 Å². The SMILES string of the molecule is CCSCC(N)c1cccc2cnccc12. The zero-order valence-electron chi connectivity index (χ0n) is 9.39. The maximum Gasteiger partial charge on any atom is 0.0393 e. The first-order chi connectivity index (χ1) is 7.83. The molecule has 2 N–H and O–H groups in total. The summed E-state index contributed by atoms with van der Waals surface area (Å²) in [6.45, 7) is 2.16. The van der Waals surface area contributed by atoms with Gasteiger partial charge in [-0.25, -0.2) is 0 Å². The van der Waals surface area contributed by atoms with Crippen LogP contribution in [-0.4, -0.2) is 16.5 Å². The molecule has 0 aliphatic rings. The highest BCUT2D eigenvalue weighted by Crippen LogP contribution is 2.24. The first-order valence-corrected chi connectivity index (χ1v) is 6.64. The van der Waals surface area contributed by atoms with E-state index in [1.165, 1.54) is 10.9 Å². The Balaban J connectivity index is 2.36. The number of aromatic nitrogens is 1. The van der Waals surface area contributed by atoms with Crippen molar-refractivity contribution in [2.45, 2.75) is 13.0 Å². The lowest BCUT2D eigenvalue weighted by atomic mass is 10.0. The fourth-order valence-electron chi connectivity index (χ4n) is 1.81. The molecular formula is C13H16N2S. The van der Waals surface area contributed by atoms with E-state index in [0.29, 0.717) is 0 Å². The van der Waals surface area contributed by atoms with Crippen molar-refractivity contribution in [2.75, 3.05) is 11.5 Å². The smallest absolute Gasteiger partial charge is 0.0393 e. The minimum atomic E-state index is 0.107. The molecule has 2 aromatic rings. The second-order valence-electron chi connectivity index (χ2n) is 3.71. The van der Waals surface area contributed by atoms with Crippen LogP contribution in [0.2, 0.25) is 0 Å². The van der Waals surface area contributed by atoms with Crippen LogP contribution >= 0.6 is 11.8 Å². The Kier molecular flexibility index (Phi) is 3.80. The summed E-state index contributed by atoms with van der Waals surface area (Å²) < 4.78 is 0. The molecule has 1 heterocycles. The molecule has 0 saturated heterocycles. The minimum Gasteiger partial charge on any atom is -0.323 e. The predicted octanol–water partition coefficient (Wildman–Crippen LogP) is 2.99. The summed E-state index contributed by atoms with van der Waals surface area (Å²) >= 11 is 1.88. The van der Waals surface area contributed by atoms with E-state index in [9.17, 15) is 0 Å². The molecule has 0 saturated carbocycles. The number of fused-ring (bicyclic) bond motifs is 1. The molecule has 1 aromatic carbocycles. The molecule has 0 radical (unpaired) electrons. The average Bonchev–Trinajstić information content (AvgIpc) is 2.35. The van der Waals surface area contributed by atoms with Gasteiger partial charge in [0.25, 0.3) is 0 Å². The predicted molar refractivity (Wildman–Crippen MR) is 71.7 cm³/mol. The van der Waals surface area contributed by atoms with Crippen LogP contribution in [-0.2, 0) is 0 Å². The van der Waals surface area contributed by atoms with Crippen molar-refractivity contribution in [2.24, 2.45) is 5.73 Å². The van der Waals surface area contributed by atoms with Gasteiger partial charge in [-0.1, -0.05) is 25.1 Å². The molecule has 0 fully saturated rings. The van der Waals surface area contributed by atoms with Crippen molar-refractivity contribution in [1.29, 1.82) is 0 Å². The average molecular weight is 232 g/mol. The normalized spacial score (nSPS) is 12.9. The van der Waals surface area contributed by atoms with Gasteiger partial charge in [0.1, 0.15) is 0 Å². The van der Waals surface area contributed by atoms with Crippen molar-refractivity contribution in [3.05, 3.63) is 42.2 Å². The minimum absolute atomic E-state index is 0.107. The molecule has 0 amide bonds. The second-order valence-corrected chi connectivity index (χ2v) is 5.03. The van der Waals surface area contributed by atoms with Crippen LogP contribution in [0.15, 0.2) is 36.7 Å². The van der Waals surface area contributed by atoms with Gasteiger partial charge in [-0.2, -0.15) is 11.8 Å². The third-order valence-electron chi connectivity index (χ3n) is 2.62. The third kappa shape index (κ3) is 2.36. The third-order valence-corrected chi connectivity index (χ3v) is 3.62. The van der Waals surface area contributed by atoms with Gasteiger partial charge in [0.05, 0.1) is 0 Å². The van der Waals surface area contributed by atoms with Gasteiger partial charge < -0.3 is 5.73 Å². The summed E-state index contributed by atoms with van der Waals surface area (Å²) in [6, 6.07) is 8.39. The lowest BCUT2D eigenvalue weighted by Crippen LogP contribution is -2.13. The van der Waals surface area contributed by atoms with Gasteiger partial charge in [-0.05, 0) is 22.8 Å². The Hall–Kier alpha value is -1.06. The van der Waals surface area contributed by atoms with Crippen LogP contribution in [0.3, 0.4) is 0 Å². The van der Waals surface area contributed by atoms with Crippen molar-refractivity contribution in [3.8, 4) is 0 Å². The standard InChI is InChI=1S/C13H16N2S/c1-2-16-9-13(14)12-5-3-4-10-8-15-7-6-11(10)12/h3-8,13H,2,9,14H2,1H3. The molecule has 16 heavy (non-hydrogen) atoms. The Morgan fingerprint density at radius 3 is 3.06 bits per heavy atom. The molecular weight excluding hydrogens is 216 g/mol. The van der Waals surface area contributed by atoms with E-state index in [2.05, 4.69) is 30.1 Å². The number of nitrogens with two attached hydrogens (primary N) is 1. The van der Waals surface area contributed by atoms with E-state index < -0.39 is 0 Å². The Bertz CT molecular complexity index is 465. The maximum atomic E-state index is 6.21. The molecule has 0 spiro atoms. The van der Waals surface area contributed by atoms with E-state index in [4.69, 9.17) is 5.73 Å². The van der Waals surface area contributed by atoms with E-state index in [0.717, 1.165) is 16.9 Å². The first-order valence-electron chi connectivity index (χ1n) is 5.49. The number of hydrogen-bond donors (Lipinski definition) is 1. The lowest BCUT2D eigenvalue weighted by molar-refractivity contribution is 0.840. The molecule has 0 aliphatic carbocycles. The molecule has 1 atom stereocenters. The fourth-order valence-corrected chi connectivity index (χ4v) is 2.47. The molecule has 84 valence electrons. The van der Waals surface area contributed by atoms with E-state index >= 15 is 0 Å². The Labute approximate surface area is 100 Å². The Morgan fingerprint density at radius 1 is 1.38 bits per heavy atom. The van der Waals surface area contributed by atoms with Gasteiger partial charge in [0.15, 0.2) is 0 Å². The summed E-state index contributed by atoms with van der Waals surface area (Å²) in [4.78, 5) is 4.13. The largest absolute Gasteiger partial charge is 0.323 e. The van der Waals surface area contributed by atoms with Gasteiger partial charge in [0.2, 0.25) is 0 Å². The number of hydrogen-bond acceptors (Lipinski definition) is 3. The molecule has 2 rings (SSSR count). The molecule has 0 aliphatic heterocycles. The maximum absolute atomic E-state index is 6.21. The van der Waals surface area contributed by atoms with Crippen molar-refractivity contribution in [1.82, 2.24) is 4.98 Å². The lowest BCUT2D eigenvalue weighted by Gasteiger charge is -2.13. The zero-order chi connectivity index (χ0) is 11.4. The Morgan fingerprint density at radius 2 is 2.25 bits per heavy atom. The van der Waals surface area contributed by atoms with E-state index in [1.54, 1.807) is 0 Å². The summed E-state index contributed by atoms with van der Waals surface area (Å²) in [5.74, 6) is 2.08. The molecule has 1 aromatic heterocycles. The van der Waals surface area contributed by atoms with Gasteiger partial charge in [-0.15, -0.1) is 0 Å². The summed E-state index contributed by atoms with van der Waals surface area (Å²) in [5.41, 5.74) is 7.43. The quantitative estimate of drug-likeness (QED) is 0.880. The van der Waals surface area contributed by atoms with Crippen LogP contribution in [0.25, 0.3) is 10.8 Å². The molecule has 0 bridgehead atoms. The summed E-state index contributed by atoms with van der Waals surface area (Å²) in [6.07, 6.45) is 3.71. The van der Waals surface area contributed by atoms with Crippen LogP contribution in [0.4, 0.5) is 0 Å². The van der Waals surface area contributed by atoms with Crippen molar-refractivity contribution >= 4 is 22.5 Å². The molecule has 1 unspecified atom stereocenters. The number of benzene rings is 1. The van der Waals surface area contributed by atoms with Gasteiger partial charge >= 0.3 is 0 Å². The number of nitrogens with zero attached hydrogens (tertiary/aromatic N) is 1. The van der Waals surface area contributed by atoms with Crippen LogP contribution in [0.5, 0.6) is 0 Å². The zero-order valence-corrected chi connectivity index (χ0v) is 10.2. The van der Waals surface area contributed by atoms with E-state index in [-0.39, 0.29) is 6.04 Å². The van der Waals surface area contributed by atoms with E-state index in [1.807, 2.05) is 30.2 Å². The summed E-state index contributed by atoms with van der Waals surface area (Å²) in [7, 11) is 0. The monoisotopic (exact) mass is 232 g/mol. The summed E-state index contributed by atoms with van der Waals surface area (Å²) in [5, 5.41) is 2.39. The second kappa shape index (κ2) is 5.32. The molecule has 2 nitrogen and oxygen atoms in total. The first kappa shape index (κ1) is 11.4. The topological polar surface area (TPSA) is 38.9 Å². The number of pyridine rings is 1. The number of thioether (sulfide) groups is 1. The van der Waals surface area contributed by atoms with Crippen LogP contribution in [0.1, 0.15) is 18.5 Å². The molecule has 3 heteroatoms. The highest BCUT2D eigenvalue weighted by atomic mass is 32.2. The van der Waals surface area contributed by atoms with Gasteiger partial charge in [-0.3, -0.25) is 4.98 Å². The fraction of sp³-hybridized carbons (Fsp3) is 0.308. The highest BCUT2D eigenvalue weighted by Gasteiger charge is 2.08. The van der Waals surface area contributed by atoms with Crippen LogP contribution in [0, 0.1) is 0 Å². The highest BCUT2D eigenvalue weighted by molar-refractivity contribution is 7.99. The van der Waals surface area contributed by atoms with Gasteiger partial charge in [0, 0.05) is 29.6 Å². The number of rotatable bonds is 4.